The van der Waals surface area contributed by atoms with Gasteiger partial charge in [0.15, 0.2) is 0 Å². The van der Waals surface area contributed by atoms with Crippen LogP contribution in [0.1, 0.15) is 5.56 Å². The van der Waals surface area contributed by atoms with E-state index in [1.807, 2.05) is 23.1 Å². The number of amides is 3. The van der Waals surface area contributed by atoms with Gasteiger partial charge in [-0.3, -0.25) is 14.6 Å². The number of carbonyl (C=O) groups is 2. The van der Waals surface area contributed by atoms with E-state index < -0.39 is 10.0 Å². The fraction of sp³-hybridized carbons (Fsp3) is 0.500. The second kappa shape index (κ2) is 7.51. The van der Waals surface area contributed by atoms with Gasteiger partial charge in [-0.15, -0.1) is 0 Å². The summed E-state index contributed by atoms with van der Waals surface area (Å²) in [5.74, 6) is -0.253. The normalized spacial score (nSPS) is 19.8. The lowest BCUT2D eigenvalue weighted by Crippen LogP contribution is -2.52. The van der Waals surface area contributed by atoms with Crippen LogP contribution in [0.2, 0.25) is 0 Å². The highest BCUT2D eigenvalue weighted by Crippen LogP contribution is 2.14. The van der Waals surface area contributed by atoms with E-state index in [1.165, 1.54) is 9.21 Å². The standard InChI is InChI=1S/C16H22N4O4S/c21-15(20-7-6-17-16(20)22)12-18-8-10-19(11-9-18)25(23,24)13-14-4-2-1-3-5-14/h1-5H,6-13H2,(H,17,22). The Morgan fingerprint density at radius 1 is 1.04 bits per heavy atom. The Morgan fingerprint density at radius 2 is 1.72 bits per heavy atom. The van der Waals surface area contributed by atoms with E-state index in [-0.39, 0.29) is 24.2 Å². The molecule has 0 radical (unpaired) electrons. The van der Waals surface area contributed by atoms with Crippen LogP contribution in [0.5, 0.6) is 0 Å². The van der Waals surface area contributed by atoms with Gasteiger partial charge < -0.3 is 5.32 Å². The molecule has 0 atom stereocenters. The van der Waals surface area contributed by atoms with Gasteiger partial charge in [-0.1, -0.05) is 30.3 Å². The zero-order valence-corrected chi connectivity index (χ0v) is 14.7. The molecule has 2 fully saturated rings. The van der Waals surface area contributed by atoms with E-state index in [0.29, 0.717) is 39.3 Å². The Morgan fingerprint density at radius 3 is 2.32 bits per heavy atom. The average molecular weight is 366 g/mol. The monoisotopic (exact) mass is 366 g/mol. The molecule has 0 unspecified atom stereocenters. The van der Waals surface area contributed by atoms with Crippen LogP contribution < -0.4 is 5.32 Å². The third-order valence-electron chi connectivity index (χ3n) is 4.43. The summed E-state index contributed by atoms with van der Waals surface area (Å²) in [6, 6.07) is 8.74. The third kappa shape index (κ3) is 4.36. The summed E-state index contributed by atoms with van der Waals surface area (Å²) in [5.41, 5.74) is 0.764. The molecular formula is C16H22N4O4S. The number of hydrogen-bond acceptors (Lipinski definition) is 5. The fourth-order valence-corrected chi connectivity index (χ4v) is 4.54. The number of imide groups is 1. The van der Waals surface area contributed by atoms with Crippen LogP contribution >= 0.6 is 0 Å². The zero-order valence-electron chi connectivity index (χ0n) is 13.9. The molecule has 2 aliphatic rings. The maximum Gasteiger partial charge on any atom is 0.324 e. The Kier molecular flexibility index (Phi) is 5.36. The van der Waals surface area contributed by atoms with E-state index in [4.69, 9.17) is 0 Å². The first-order valence-corrected chi connectivity index (χ1v) is 9.89. The van der Waals surface area contributed by atoms with Crippen molar-refractivity contribution >= 4 is 22.0 Å². The van der Waals surface area contributed by atoms with E-state index in [0.717, 1.165) is 5.56 Å². The Labute approximate surface area is 147 Å². The predicted octanol–water partition coefficient (Wildman–Crippen LogP) is -0.314. The minimum absolute atomic E-state index is 0.0132. The van der Waals surface area contributed by atoms with Crippen molar-refractivity contribution in [2.24, 2.45) is 0 Å². The van der Waals surface area contributed by atoms with Crippen molar-refractivity contribution in [2.45, 2.75) is 5.75 Å². The summed E-state index contributed by atoms with van der Waals surface area (Å²) < 4.78 is 26.5. The Bertz CT molecular complexity index is 730. The minimum Gasteiger partial charge on any atom is -0.336 e. The average Bonchev–Trinajstić information content (AvgIpc) is 3.02. The Balaban J connectivity index is 1.51. The highest BCUT2D eigenvalue weighted by atomic mass is 32.2. The first kappa shape index (κ1) is 17.8. The topological polar surface area (TPSA) is 90.0 Å². The summed E-state index contributed by atoms with van der Waals surface area (Å²) >= 11 is 0. The van der Waals surface area contributed by atoms with Crippen LogP contribution in [0.15, 0.2) is 30.3 Å². The zero-order chi connectivity index (χ0) is 17.9. The first-order chi connectivity index (χ1) is 12.0. The summed E-state index contributed by atoms with van der Waals surface area (Å²) in [6.07, 6.45) is 0. The van der Waals surface area contributed by atoms with Crippen molar-refractivity contribution in [3.05, 3.63) is 35.9 Å². The number of benzene rings is 1. The molecule has 0 aromatic heterocycles. The molecule has 9 heteroatoms. The van der Waals surface area contributed by atoms with Crippen molar-refractivity contribution in [1.29, 1.82) is 0 Å². The molecule has 2 heterocycles. The van der Waals surface area contributed by atoms with Gasteiger partial charge in [0.1, 0.15) is 0 Å². The van der Waals surface area contributed by atoms with Crippen LogP contribution in [-0.2, 0) is 20.6 Å². The SMILES string of the molecule is O=C(CN1CCN(S(=O)(=O)Cc2ccccc2)CC1)N1CCNC1=O. The van der Waals surface area contributed by atoms with Crippen molar-refractivity contribution in [1.82, 2.24) is 19.4 Å². The second-order valence-corrected chi connectivity index (χ2v) is 8.16. The molecule has 1 N–H and O–H groups in total. The highest BCUT2D eigenvalue weighted by Gasteiger charge is 2.31. The molecule has 136 valence electrons. The molecule has 1 aromatic carbocycles. The molecule has 8 nitrogen and oxygen atoms in total. The third-order valence-corrected chi connectivity index (χ3v) is 6.28. The molecule has 0 spiro atoms. The van der Waals surface area contributed by atoms with Gasteiger partial charge in [0.05, 0.1) is 12.3 Å². The van der Waals surface area contributed by atoms with E-state index in [1.54, 1.807) is 12.1 Å². The molecule has 3 rings (SSSR count). The first-order valence-electron chi connectivity index (χ1n) is 8.28. The van der Waals surface area contributed by atoms with Gasteiger partial charge in [0, 0.05) is 39.3 Å². The minimum atomic E-state index is -3.37. The number of sulfonamides is 1. The van der Waals surface area contributed by atoms with E-state index >= 15 is 0 Å². The van der Waals surface area contributed by atoms with Crippen molar-refractivity contribution in [2.75, 3.05) is 45.8 Å². The number of nitrogens with one attached hydrogen (secondary N) is 1. The fourth-order valence-electron chi connectivity index (χ4n) is 3.03. The van der Waals surface area contributed by atoms with Crippen LogP contribution in [0.25, 0.3) is 0 Å². The molecule has 1 aromatic rings. The number of rotatable bonds is 5. The smallest absolute Gasteiger partial charge is 0.324 e. The van der Waals surface area contributed by atoms with Crippen molar-refractivity contribution in [3.63, 3.8) is 0 Å². The number of carbonyl (C=O) groups excluding carboxylic acids is 2. The van der Waals surface area contributed by atoms with Crippen molar-refractivity contribution < 1.29 is 18.0 Å². The van der Waals surface area contributed by atoms with Gasteiger partial charge >= 0.3 is 6.03 Å². The number of nitrogens with zero attached hydrogens (tertiary/aromatic N) is 3. The van der Waals surface area contributed by atoms with Crippen LogP contribution in [-0.4, -0.2) is 80.3 Å². The number of piperazine rings is 1. The molecular weight excluding hydrogens is 344 g/mol. The lowest BCUT2D eigenvalue weighted by molar-refractivity contribution is -0.129. The van der Waals surface area contributed by atoms with Crippen molar-refractivity contribution in [3.8, 4) is 0 Å². The number of urea groups is 1. The quantitative estimate of drug-likeness (QED) is 0.772. The number of hydrogen-bond donors (Lipinski definition) is 1. The van der Waals surface area contributed by atoms with Gasteiger partial charge in [0.2, 0.25) is 15.9 Å². The molecule has 2 saturated heterocycles. The maximum atomic E-state index is 12.5. The molecule has 0 bridgehead atoms. The molecule has 0 saturated carbocycles. The highest BCUT2D eigenvalue weighted by molar-refractivity contribution is 7.88. The van der Waals surface area contributed by atoms with Gasteiger partial charge in [-0.25, -0.2) is 13.2 Å². The lowest BCUT2D eigenvalue weighted by atomic mass is 10.2. The van der Waals surface area contributed by atoms with Gasteiger partial charge in [0.25, 0.3) is 0 Å². The summed E-state index contributed by atoms with van der Waals surface area (Å²) in [4.78, 5) is 26.7. The van der Waals surface area contributed by atoms with Crippen LogP contribution in [0, 0.1) is 0 Å². The van der Waals surface area contributed by atoms with Gasteiger partial charge in [-0.05, 0) is 5.56 Å². The molecule has 3 amide bonds. The second-order valence-electron chi connectivity index (χ2n) is 6.19. The molecule has 0 aliphatic carbocycles. The molecule has 2 aliphatic heterocycles. The Hall–Kier alpha value is -1.97. The van der Waals surface area contributed by atoms with E-state index in [2.05, 4.69) is 5.32 Å². The summed E-state index contributed by atoms with van der Waals surface area (Å²) in [5, 5.41) is 2.60. The van der Waals surface area contributed by atoms with Crippen LogP contribution in [0.4, 0.5) is 4.79 Å². The van der Waals surface area contributed by atoms with Gasteiger partial charge in [-0.2, -0.15) is 4.31 Å². The largest absolute Gasteiger partial charge is 0.336 e. The predicted molar refractivity (Wildman–Crippen MR) is 92.2 cm³/mol. The van der Waals surface area contributed by atoms with E-state index in [9.17, 15) is 18.0 Å². The maximum absolute atomic E-state index is 12.5. The van der Waals surface area contributed by atoms with Crippen LogP contribution in [0.3, 0.4) is 0 Å². The molecule has 25 heavy (non-hydrogen) atoms. The summed E-state index contributed by atoms with van der Waals surface area (Å²) in [7, 11) is -3.37. The lowest BCUT2D eigenvalue weighted by Gasteiger charge is -2.34. The summed E-state index contributed by atoms with van der Waals surface area (Å²) in [6.45, 7) is 2.69.